The van der Waals surface area contributed by atoms with Crippen molar-refractivity contribution in [1.82, 2.24) is 4.90 Å². The van der Waals surface area contributed by atoms with E-state index in [4.69, 9.17) is 23.2 Å². The number of hydrogen-bond donors (Lipinski definition) is 1. The zero-order valence-electron chi connectivity index (χ0n) is 15.2. The zero-order chi connectivity index (χ0) is 19.6. The van der Waals surface area contributed by atoms with Gasteiger partial charge in [-0.25, -0.2) is 0 Å². The van der Waals surface area contributed by atoms with Gasteiger partial charge < -0.3 is 5.32 Å². The van der Waals surface area contributed by atoms with Crippen LogP contribution in [0.1, 0.15) is 31.0 Å². The van der Waals surface area contributed by atoms with Crippen molar-refractivity contribution in [3.63, 3.8) is 0 Å². The lowest BCUT2D eigenvalue weighted by Crippen LogP contribution is -2.31. The van der Waals surface area contributed by atoms with Gasteiger partial charge in [0.1, 0.15) is 5.69 Å². The molecule has 2 aromatic carbocycles. The van der Waals surface area contributed by atoms with Crippen LogP contribution in [0.15, 0.2) is 48.0 Å². The number of anilines is 1. The average molecular weight is 406 g/mol. The van der Waals surface area contributed by atoms with Crippen molar-refractivity contribution in [2.75, 3.05) is 18.4 Å². The van der Waals surface area contributed by atoms with E-state index in [1.54, 1.807) is 6.07 Å². The molecule has 1 heterocycles. The lowest BCUT2D eigenvalue weighted by Gasteiger charge is -2.29. The number of nitro groups is 1. The van der Waals surface area contributed by atoms with Gasteiger partial charge in [-0.2, -0.15) is 0 Å². The topological polar surface area (TPSA) is 58.4 Å². The summed E-state index contributed by atoms with van der Waals surface area (Å²) in [6, 6.07) is 11.0. The summed E-state index contributed by atoms with van der Waals surface area (Å²) in [6.07, 6.45) is 2.16. The maximum Gasteiger partial charge on any atom is 0.294 e. The number of rotatable bonds is 4. The van der Waals surface area contributed by atoms with Crippen LogP contribution < -0.4 is 5.32 Å². The summed E-state index contributed by atoms with van der Waals surface area (Å²) in [7, 11) is 0. The molecule has 0 aromatic heterocycles. The SMILES string of the molecule is CC(C)=CCN1Cc2cc(Cl)cc([N+](=O)[O-])c2NCC1c1ccc(Cl)cc1. The van der Waals surface area contributed by atoms with Crippen molar-refractivity contribution in [3.05, 3.63) is 79.3 Å². The van der Waals surface area contributed by atoms with Crippen LogP contribution in [-0.4, -0.2) is 22.9 Å². The maximum atomic E-state index is 11.5. The van der Waals surface area contributed by atoms with E-state index in [2.05, 4.69) is 30.1 Å². The van der Waals surface area contributed by atoms with Crippen molar-refractivity contribution in [2.24, 2.45) is 0 Å². The molecule has 0 amide bonds. The van der Waals surface area contributed by atoms with Gasteiger partial charge in [-0.15, -0.1) is 0 Å². The highest BCUT2D eigenvalue weighted by atomic mass is 35.5. The number of nitro benzene ring substituents is 1. The Bertz CT molecular complexity index is 878. The normalized spacial score (nSPS) is 16.8. The molecule has 7 heteroatoms. The molecule has 0 saturated heterocycles. The molecule has 5 nitrogen and oxygen atoms in total. The summed E-state index contributed by atoms with van der Waals surface area (Å²) in [5.41, 5.74) is 3.71. The van der Waals surface area contributed by atoms with Crippen LogP contribution in [0.2, 0.25) is 10.0 Å². The predicted molar refractivity (Wildman–Crippen MR) is 111 cm³/mol. The second-order valence-electron chi connectivity index (χ2n) is 6.88. The number of fused-ring (bicyclic) bond motifs is 1. The first kappa shape index (κ1) is 19.7. The molecule has 1 atom stereocenters. The third-order valence-corrected chi connectivity index (χ3v) is 5.11. The summed E-state index contributed by atoms with van der Waals surface area (Å²) in [4.78, 5) is 13.4. The van der Waals surface area contributed by atoms with Gasteiger partial charge in [0, 0.05) is 35.7 Å². The van der Waals surface area contributed by atoms with Crippen LogP contribution in [-0.2, 0) is 6.54 Å². The van der Waals surface area contributed by atoms with E-state index in [9.17, 15) is 10.1 Å². The summed E-state index contributed by atoms with van der Waals surface area (Å²) >= 11 is 12.2. The van der Waals surface area contributed by atoms with E-state index in [0.717, 1.165) is 17.7 Å². The maximum absolute atomic E-state index is 11.5. The number of nitrogens with one attached hydrogen (secondary N) is 1. The van der Waals surface area contributed by atoms with Gasteiger partial charge in [-0.3, -0.25) is 15.0 Å². The lowest BCUT2D eigenvalue weighted by atomic mass is 10.0. The van der Waals surface area contributed by atoms with Crippen LogP contribution in [0.25, 0.3) is 0 Å². The molecule has 0 fully saturated rings. The summed E-state index contributed by atoms with van der Waals surface area (Å²) < 4.78 is 0. The number of benzene rings is 2. The van der Waals surface area contributed by atoms with Crippen molar-refractivity contribution in [2.45, 2.75) is 26.4 Å². The molecule has 0 radical (unpaired) electrons. The van der Waals surface area contributed by atoms with Gasteiger partial charge in [-0.05, 0) is 43.2 Å². The van der Waals surface area contributed by atoms with Crippen molar-refractivity contribution in [3.8, 4) is 0 Å². The first-order chi connectivity index (χ1) is 12.8. The van der Waals surface area contributed by atoms with Crippen LogP contribution >= 0.6 is 23.2 Å². The molecule has 142 valence electrons. The Morgan fingerprint density at radius 1 is 1.26 bits per heavy atom. The second kappa shape index (κ2) is 8.30. The molecule has 0 spiro atoms. The van der Waals surface area contributed by atoms with E-state index >= 15 is 0 Å². The Hall–Kier alpha value is -2.08. The van der Waals surface area contributed by atoms with Gasteiger partial charge in [0.15, 0.2) is 0 Å². The first-order valence-corrected chi connectivity index (χ1v) is 9.44. The Morgan fingerprint density at radius 3 is 2.59 bits per heavy atom. The monoisotopic (exact) mass is 405 g/mol. The van der Waals surface area contributed by atoms with Gasteiger partial charge in [0.25, 0.3) is 5.69 Å². The van der Waals surface area contributed by atoms with E-state index in [1.165, 1.54) is 11.6 Å². The highest BCUT2D eigenvalue weighted by Crippen LogP contribution is 2.37. The predicted octanol–water partition coefficient (Wildman–Crippen LogP) is 5.84. The van der Waals surface area contributed by atoms with Crippen LogP contribution in [0, 0.1) is 10.1 Å². The molecule has 0 bridgehead atoms. The molecule has 1 aliphatic heterocycles. The van der Waals surface area contributed by atoms with E-state index in [1.807, 2.05) is 24.3 Å². The van der Waals surface area contributed by atoms with Crippen LogP contribution in [0.5, 0.6) is 0 Å². The Morgan fingerprint density at radius 2 is 1.96 bits per heavy atom. The molecule has 1 aliphatic rings. The largest absolute Gasteiger partial charge is 0.377 e. The minimum absolute atomic E-state index is 0.0106. The fourth-order valence-electron chi connectivity index (χ4n) is 3.28. The van der Waals surface area contributed by atoms with E-state index in [-0.39, 0.29) is 16.7 Å². The summed E-state index contributed by atoms with van der Waals surface area (Å²) in [5.74, 6) is 0. The number of nitrogens with zero attached hydrogens (tertiary/aromatic N) is 2. The molecule has 0 saturated carbocycles. The highest BCUT2D eigenvalue weighted by molar-refractivity contribution is 6.31. The molecular formula is C20H21Cl2N3O2. The second-order valence-corrected chi connectivity index (χ2v) is 7.75. The average Bonchev–Trinajstić information content (AvgIpc) is 2.79. The molecule has 3 rings (SSSR count). The standard InChI is InChI=1S/C20H21Cl2N3O2/c1-13(2)7-8-24-12-15-9-17(22)10-18(25(26)27)20(15)23-11-19(24)14-3-5-16(21)6-4-14/h3-7,9-10,19,23H,8,11-12H2,1-2H3. The van der Waals surface area contributed by atoms with Gasteiger partial charge >= 0.3 is 0 Å². The minimum atomic E-state index is -0.388. The molecule has 0 aliphatic carbocycles. The van der Waals surface area contributed by atoms with E-state index < -0.39 is 0 Å². The van der Waals surface area contributed by atoms with Crippen molar-refractivity contribution < 1.29 is 4.92 Å². The zero-order valence-corrected chi connectivity index (χ0v) is 16.7. The van der Waals surface area contributed by atoms with E-state index in [0.29, 0.717) is 28.8 Å². The minimum Gasteiger partial charge on any atom is -0.377 e. The highest BCUT2D eigenvalue weighted by Gasteiger charge is 2.29. The fourth-order valence-corrected chi connectivity index (χ4v) is 3.64. The van der Waals surface area contributed by atoms with Crippen molar-refractivity contribution >= 4 is 34.6 Å². The van der Waals surface area contributed by atoms with Gasteiger partial charge in [0.2, 0.25) is 0 Å². The van der Waals surface area contributed by atoms with Gasteiger partial charge in [-0.1, -0.05) is 47.0 Å². The number of allylic oxidation sites excluding steroid dienone is 1. The summed E-state index contributed by atoms with van der Waals surface area (Å²) in [6.45, 7) is 5.96. The molecule has 1 unspecified atom stereocenters. The Kier molecular flexibility index (Phi) is 6.05. The summed E-state index contributed by atoms with van der Waals surface area (Å²) in [5, 5.41) is 15.8. The number of halogens is 2. The van der Waals surface area contributed by atoms with Crippen molar-refractivity contribution in [1.29, 1.82) is 0 Å². The van der Waals surface area contributed by atoms with Crippen LogP contribution in [0.3, 0.4) is 0 Å². The third-order valence-electron chi connectivity index (χ3n) is 4.64. The van der Waals surface area contributed by atoms with Gasteiger partial charge in [0.05, 0.1) is 11.0 Å². The molecule has 27 heavy (non-hydrogen) atoms. The molecule has 1 N–H and O–H groups in total. The number of hydrogen-bond acceptors (Lipinski definition) is 4. The third kappa shape index (κ3) is 4.61. The van der Waals surface area contributed by atoms with Crippen LogP contribution in [0.4, 0.5) is 11.4 Å². The Balaban J connectivity index is 2.03. The Labute approximate surface area is 168 Å². The molecule has 2 aromatic rings. The smallest absolute Gasteiger partial charge is 0.294 e. The molecular weight excluding hydrogens is 385 g/mol. The quantitative estimate of drug-likeness (QED) is 0.394. The fraction of sp³-hybridized carbons (Fsp3) is 0.300. The lowest BCUT2D eigenvalue weighted by molar-refractivity contribution is -0.384. The first-order valence-electron chi connectivity index (χ1n) is 8.68.